The number of aromatic amines is 1. The van der Waals surface area contributed by atoms with Crippen molar-refractivity contribution in [3.05, 3.63) is 54.1 Å². The molecule has 1 aromatic carbocycles. The molecule has 162 valence electrons. The average molecular weight is 423 g/mol. The van der Waals surface area contributed by atoms with Crippen LogP contribution in [0.1, 0.15) is 12.6 Å². The number of rotatable bonds is 5. The highest BCUT2D eigenvalue weighted by atomic mass is 19.1. The zero-order valence-electron chi connectivity index (χ0n) is 18.3. The van der Waals surface area contributed by atoms with E-state index in [1.54, 1.807) is 38.4 Å². The van der Waals surface area contributed by atoms with Gasteiger partial charge >= 0.3 is 0 Å². The molecule has 1 amide bonds. The Morgan fingerprint density at radius 1 is 1.29 bits per heavy atom. The quantitative estimate of drug-likeness (QED) is 0.679. The highest BCUT2D eigenvalue weighted by Gasteiger charge is 2.24. The number of H-pyrrole nitrogens is 1. The summed E-state index contributed by atoms with van der Waals surface area (Å²) < 4.78 is 19.4. The number of pyridine rings is 1. The van der Waals surface area contributed by atoms with Crippen LogP contribution in [0.5, 0.6) is 5.75 Å². The van der Waals surface area contributed by atoms with Gasteiger partial charge in [-0.05, 0) is 47.4 Å². The fraction of sp³-hybridized carbons (Fsp3) is 0.333. The zero-order chi connectivity index (χ0) is 22.1. The topological polar surface area (TPSA) is 61.5 Å². The largest absolute Gasteiger partial charge is 0.496 e. The number of nitrogens with zero attached hydrogens (tertiary/aromatic N) is 3. The molecule has 3 heterocycles. The van der Waals surface area contributed by atoms with Gasteiger partial charge in [-0.15, -0.1) is 0 Å². The SMILES string of the molecule is COc1ccc(F)cc1-c1ccnc2[nH]c(C3=CCN(CC(=O)N(C)C)C[C@@H]3C)cc12. The number of amides is 1. The van der Waals surface area contributed by atoms with Gasteiger partial charge in [-0.2, -0.15) is 0 Å². The molecule has 6 nitrogen and oxygen atoms in total. The molecule has 0 spiro atoms. The second-order valence-electron chi connectivity index (χ2n) is 8.19. The molecule has 2 aromatic heterocycles. The predicted molar refractivity (Wildman–Crippen MR) is 120 cm³/mol. The van der Waals surface area contributed by atoms with Gasteiger partial charge in [0.2, 0.25) is 5.91 Å². The lowest BCUT2D eigenvalue weighted by atomic mass is 9.93. The molecular weight excluding hydrogens is 395 g/mol. The molecule has 0 aliphatic carbocycles. The number of benzene rings is 1. The van der Waals surface area contributed by atoms with E-state index in [0.717, 1.165) is 28.8 Å². The minimum Gasteiger partial charge on any atom is -0.496 e. The molecule has 31 heavy (non-hydrogen) atoms. The number of fused-ring (bicyclic) bond motifs is 1. The van der Waals surface area contributed by atoms with Gasteiger partial charge in [0, 0.05) is 50.0 Å². The Kier molecular flexibility index (Phi) is 5.78. The molecule has 0 saturated heterocycles. The van der Waals surface area contributed by atoms with E-state index in [9.17, 15) is 9.18 Å². The maximum absolute atomic E-state index is 14.0. The van der Waals surface area contributed by atoms with Crippen LogP contribution in [0.2, 0.25) is 0 Å². The van der Waals surface area contributed by atoms with E-state index in [1.807, 2.05) is 6.07 Å². The molecule has 1 aliphatic rings. The molecule has 4 rings (SSSR count). The van der Waals surface area contributed by atoms with Crippen LogP contribution in [0.15, 0.2) is 42.6 Å². The van der Waals surface area contributed by atoms with Crippen molar-refractivity contribution in [3.63, 3.8) is 0 Å². The van der Waals surface area contributed by atoms with Crippen LogP contribution < -0.4 is 4.74 Å². The Hall–Kier alpha value is -3.19. The lowest BCUT2D eigenvalue weighted by molar-refractivity contribution is -0.129. The Morgan fingerprint density at radius 3 is 2.81 bits per heavy atom. The summed E-state index contributed by atoms with van der Waals surface area (Å²) in [5, 5.41) is 0.916. The Balaban J connectivity index is 1.68. The van der Waals surface area contributed by atoms with Crippen molar-refractivity contribution in [3.8, 4) is 16.9 Å². The van der Waals surface area contributed by atoms with Gasteiger partial charge in [-0.1, -0.05) is 13.0 Å². The van der Waals surface area contributed by atoms with Crippen molar-refractivity contribution in [2.75, 3.05) is 40.8 Å². The van der Waals surface area contributed by atoms with E-state index >= 15 is 0 Å². The van der Waals surface area contributed by atoms with Crippen molar-refractivity contribution in [1.82, 2.24) is 19.8 Å². The molecular formula is C24H27FN4O2. The molecule has 0 saturated carbocycles. The van der Waals surface area contributed by atoms with E-state index in [1.165, 1.54) is 17.7 Å². The molecule has 0 bridgehead atoms. The van der Waals surface area contributed by atoms with Crippen molar-refractivity contribution in [1.29, 1.82) is 0 Å². The lowest BCUT2D eigenvalue weighted by Gasteiger charge is -2.31. The monoisotopic (exact) mass is 422 g/mol. The fourth-order valence-corrected chi connectivity index (χ4v) is 4.13. The summed E-state index contributed by atoms with van der Waals surface area (Å²) in [5.41, 5.74) is 4.50. The highest BCUT2D eigenvalue weighted by molar-refractivity contribution is 5.96. The van der Waals surface area contributed by atoms with E-state index in [-0.39, 0.29) is 17.6 Å². The number of hydrogen-bond acceptors (Lipinski definition) is 4. The van der Waals surface area contributed by atoms with E-state index in [2.05, 4.69) is 33.9 Å². The van der Waals surface area contributed by atoms with Crippen LogP contribution >= 0.6 is 0 Å². The standard InChI is InChI=1S/C24H27FN4O2/c1-15-13-29(14-23(30)28(2)3)10-8-17(15)21-12-20-18(7-9-26-24(20)27-21)19-11-16(25)5-6-22(19)31-4/h5-9,11-12,15H,10,13-14H2,1-4H3,(H,26,27)/t15-/m0/s1. The smallest absolute Gasteiger partial charge is 0.236 e. The summed E-state index contributed by atoms with van der Waals surface area (Å²) in [7, 11) is 5.14. The second kappa shape index (κ2) is 8.51. The van der Waals surface area contributed by atoms with Gasteiger partial charge < -0.3 is 14.6 Å². The Morgan fingerprint density at radius 2 is 2.10 bits per heavy atom. The summed E-state index contributed by atoms with van der Waals surface area (Å²) >= 11 is 0. The normalized spacial score (nSPS) is 16.9. The second-order valence-corrected chi connectivity index (χ2v) is 8.19. The van der Waals surface area contributed by atoms with Crippen LogP contribution in [0.4, 0.5) is 4.39 Å². The molecule has 7 heteroatoms. The summed E-state index contributed by atoms with van der Waals surface area (Å²) in [6, 6.07) is 8.47. The predicted octanol–water partition coefficient (Wildman–Crippen LogP) is 3.80. The number of halogens is 1. The molecule has 3 aromatic rings. The number of ether oxygens (including phenoxy) is 1. The van der Waals surface area contributed by atoms with Crippen LogP contribution in [-0.4, -0.2) is 66.5 Å². The number of methoxy groups -OCH3 is 1. The van der Waals surface area contributed by atoms with Crippen molar-refractivity contribution < 1.29 is 13.9 Å². The average Bonchev–Trinajstić information content (AvgIpc) is 3.17. The first-order chi connectivity index (χ1) is 14.9. The maximum atomic E-state index is 14.0. The highest BCUT2D eigenvalue weighted by Crippen LogP contribution is 2.37. The van der Waals surface area contributed by atoms with Gasteiger partial charge in [-0.3, -0.25) is 9.69 Å². The Labute approximate surface area is 181 Å². The van der Waals surface area contributed by atoms with Crippen molar-refractivity contribution in [2.45, 2.75) is 6.92 Å². The van der Waals surface area contributed by atoms with E-state index in [4.69, 9.17) is 4.74 Å². The zero-order valence-corrected chi connectivity index (χ0v) is 18.3. The van der Waals surface area contributed by atoms with Crippen molar-refractivity contribution >= 4 is 22.5 Å². The maximum Gasteiger partial charge on any atom is 0.236 e. The first-order valence-electron chi connectivity index (χ1n) is 10.3. The summed E-state index contributed by atoms with van der Waals surface area (Å²) in [5.74, 6) is 0.659. The van der Waals surface area contributed by atoms with E-state index < -0.39 is 0 Å². The fourth-order valence-electron chi connectivity index (χ4n) is 4.13. The molecule has 0 fully saturated rings. The minimum atomic E-state index is -0.313. The molecule has 0 radical (unpaired) electrons. The van der Waals surface area contributed by atoms with Crippen LogP contribution in [0.3, 0.4) is 0 Å². The number of carbonyl (C=O) groups is 1. The molecule has 0 unspecified atom stereocenters. The van der Waals surface area contributed by atoms with E-state index in [0.29, 0.717) is 24.4 Å². The van der Waals surface area contributed by atoms with Crippen LogP contribution in [0.25, 0.3) is 27.7 Å². The number of carbonyl (C=O) groups excluding carboxylic acids is 1. The van der Waals surface area contributed by atoms with Gasteiger partial charge in [-0.25, -0.2) is 9.37 Å². The minimum absolute atomic E-state index is 0.104. The van der Waals surface area contributed by atoms with Crippen LogP contribution in [0, 0.1) is 11.7 Å². The number of likely N-dealkylation sites (N-methyl/N-ethyl adjacent to an activating group) is 1. The number of aromatic nitrogens is 2. The first-order valence-corrected chi connectivity index (χ1v) is 10.3. The van der Waals surface area contributed by atoms with Crippen LogP contribution in [-0.2, 0) is 4.79 Å². The third-order valence-electron chi connectivity index (χ3n) is 5.78. The Bertz CT molecular complexity index is 1150. The van der Waals surface area contributed by atoms with Crippen molar-refractivity contribution in [2.24, 2.45) is 5.92 Å². The van der Waals surface area contributed by atoms with Gasteiger partial charge in [0.15, 0.2) is 0 Å². The summed E-state index contributed by atoms with van der Waals surface area (Å²) in [6.45, 7) is 4.10. The molecule has 1 aliphatic heterocycles. The first kappa shape index (κ1) is 21.1. The van der Waals surface area contributed by atoms with Gasteiger partial charge in [0.1, 0.15) is 17.2 Å². The lowest BCUT2D eigenvalue weighted by Crippen LogP contribution is -2.41. The molecule has 1 N–H and O–H groups in total. The summed E-state index contributed by atoms with van der Waals surface area (Å²) in [6.07, 6.45) is 3.89. The van der Waals surface area contributed by atoms with Gasteiger partial charge in [0.05, 0.1) is 13.7 Å². The van der Waals surface area contributed by atoms with Gasteiger partial charge in [0.25, 0.3) is 0 Å². The summed E-state index contributed by atoms with van der Waals surface area (Å²) in [4.78, 5) is 23.7. The third-order valence-corrected chi connectivity index (χ3v) is 5.78. The molecule has 1 atom stereocenters. The number of hydrogen-bond donors (Lipinski definition) is 1. The third kappa shape index (κ3) is 4.18. The number of nitrogens with one attached hydrogen (secondary N) is 1.